The third kappa shape index (κ3) is 4.08. The molecule has 0 spiro atoms. The molecule has 1 aromatic rings. The molecule has 132 valence electrons. The summed E-state index contributed by atoms with van der Waals surface area (Å²) in [5, 5.41) is 5.57. The van der Waals surface area contributed by atoms with Crippen molar-refractivity contribution in [2.45, 2.75) is 26.7 Å². The molecule has 1 aromatic carbocycles. The molecule has 5 nitrogen and oxygen atoms in total. The molecule has 0 saturated carbocycles. The predicted molar refractivity (Wildman–Crippen MR) is 86.4 cm³/mol. The Hall–Kier alpha value is -2.02. The number of aryl methyl sites for hydroxylation is 2. The molecule has 0 amide bonds. The Morgan fingerprint density at radius 2 is 1.96 bits per heavy atom. The van der Waals surface area contributed by atoms with Gasteiger partial charge in [-0.3, -0.25) is 5.01 Å². The molecule has 24 heavy (non-hydrogen) atoms. The van der Waals surface area contributed by atoms with Crippen LogP contribution in [0, 0.1) is 13.8 Å². The van der Waals surface area contributed by atoms with Crippen LogP contribution in [0.15, 0.2) is 23.3 Å². The summed E-state index contributed by atoms with van der Waals surface area (Å²) in [6.45, 7) is 6.70. The molecular weight excluding hydrogens is 318 g/mol. The van der Waals surface area contributed by atoms with Crippen LogP contribution in [0.25, 0.3) is 0 Å². The fraction of sp³-hybridized carbons (Fsp3) is 0.529. The SMILES string of the molecule is CCOC(=O)C(F)(F)/C(=N/N1CCOCC1)c1ccc(C)c(C)c1. The standard InChI is InChI=1S/C17H22F2N2O3/c1-4-24-16(22)17(18,19)15(20-21-7-9-23-10-8-21)14-6-5-12(2)13(3)11-14/h5-6,11H,4,7-10H2,1-3H3/b20-15+. The Morgan fingerprint density at radius 3 is 2.54 bits per heavy atom. The minimum absolute atomic E-state index is 0.119. The van der Waals surface area contributed by atoms with Crippen molar-refractivity contribution in [2.24, 2.45) is 5.10 Å². The molecule has 0 radical (unpaired) electrons. The molecule has 0 unspecified atom stereocenters. The Morgan fingerprint density at radius 1 is 1.29 bits per heavy atom. The highest BCUT2D eigenvalue weighted by Gasteiger charge is 2.47. The van der Waals surface area contributed by atoms with Crippen LogP contribution in [-0.2, 0) is 14.3 Å². The summed E-state index contributed by atoms with van der Waals surface area (Å²) in [5.74, 6) is -5.41. The maximum atomic E-state index is 14.7. The number of hydrogen-bond donors (Lipinski definition) is 0. The average Bonchev–Trinajstić information content (AvgIpc) is 2.56. The lowest BCUT2D eigenvalue weighted by Gasteiger charge is -2.27. The normalized spacial score (nSPS) is 16.2. The van der Waals surface area contributed by atoms with E-state index in [0.29, 0.717) is 26.3 Å². The topological polar surface area (TPSA) is 51.1 Å². The molecule has 0 bridgehead atoms. The zero-order valence-corrected chi connectivity index (χ0v) is 14.1. The third-order valence-corrected chi connectivity index (χ3v) is 3.84. The van der Waals surface area contributed by atoms with Crippen LogP contribution in [0.4, 0.5) is 8.78 Å². The van der Waals surface area contributed by atoms with E-state index in [-0.39, 0.29) is 12.2 Å². The smallest absolute Gasteiger partial charge is 0.386 e. The number of hydrogen-bond acceptors (Lipinski definition) is 5. The summed E-state index contributed by atoms with van der Waals surface area (Å²) >= 11 is 0. The number of rotatable bonds is 5. The highest BCUT2D eigenvalue weighted by molar-refractivity contribution is 6.16. The number of carbonyl (C=O) groups excluding carboxylic acids is 1. The lowest BCUT2D eigenvalue weighted by Crippen LogP contribution is -2.43. The van der Waals surface area contributed by atoms with Crippen molar-refractivity contribution in [2.75, 3.05) is 32.9 Å². The molecule has 1 saturated heterocycles. The van der Waals surface area contributed by atoms with Gasteiger partial charge in [0.25, 0.3) is 0 Å². The fourth-order valence-electron chi connectivity index (χ4n) is 2.30. The second kappa shape index (κ2) is 7.70. The Kier molecular flexibility index (Phi) is 5.88. The van der Waals surface area contributed by atoms with Gasteiger partial charge in [-0.2, -0.15) is 13.9 Å². The summed E-state index contributed by atoms with van der Waals surface area (Å²) in [6.07, 6.45) is 0. The van der Waals surface area contributed by atoms with E-state index >= 15 is 0 Å². The van der Waals surface area contributed by atoms with Gasteiger partial charge in [0.2, 0.25) is 0 Å². The van der Waals surface area contributed by atoms with E-state index in [0.717, 1.165) is 11.1 Å². The minimum Gasteiger partial charge on any atom is -0.461 e. The first-order chi connectivity index (χ1) is 11.4. The molecule has 7 heteroatoms. The number of esters is 1. The molecule has 1 fully saturated rings. The maximum absolute atomic E-state index is 14.7. The number of morpholine rings is 1. The van der Waals surface area contributed by atoms with E-state index in [1.54, 1.807) is 18.2 Å². The predicted octanol–water partition coefficient (Wildman–Crippen LogP) is 2.54. The van der Waals surface area contributed by atoms with Crippen molar-refractivity contribution in [1.29, 1.82) is 0 Å². The van der Waals surface area contributed by atoms with Crippen LogP contribution in [0.5, 0.6) is 0 Å². The van der Waals surface area contributed by atoms with Gasteiger partial charge in [-0.1, -0.05) is 12.1 Å². The van der Waals surface area contributed by atoms with Crippen LogP contribution in [0.3, 0.4) is 0 Å². The van der Waals surface area contributed by atoms with Crippen molar-refractivity contribution >= 4 is 11.7 Å². The molecule has 0 aliphatic carbocycles. The van der Waals surface area contributed by atoms with Crippen LogP contribution in [0.1, 0.15) is 23.6 Å². The van der Waals surface area contributed by atoms with Gasteiger partial charge >= 0.3 is 11.9 Å². The van der Waals surface area contributed by atoms with Crippen molar-refractivity contribution in [3.8, 4) is 0 Å². The number of hydrazone groups is 1. The average molecular weight is 340 g/mol. The van der Waals surface area contributed by atoms with E-state index in [4.69, 9.17) is 4.74 Å². The highest BCUT2D eigenvalue weighted by atomic mass is 19.3. The second-order valence-corrected chi connectivity index (χ2v) is 5.61. The monoisotopic (exact) mass is 340 g/mol. The van der Waals surface area contributed by atoms with Gasteiger partial charge in [0.05, 0.1) is 32.9 Å². The van der Waals surface area contributed by atoms with Crippen molar-refractivity contribution in [1.82, 2.24) is 5.01 Å². The first-order valence-corrected chi connectivity index (χ1v) is 7.90. The molecule has 0 atom stereocenters. The molecular formula is C17H22F2N2O3. The summed E-state index contributed by atoms with van der Waals surface area (Å²) in [7, 11) is 0. The van der Waals surface area contributed by atoms with Crippen molar-refractivity contribution in [3.05, 3.63) is 34.9 Å². The van der Waals surface area contributed by atoms with Crippen LogP contribution in [0.2, 0.25) is 0 Å². The van der Waals surface area contributed by atoms with E-state index < -0.39 is 17.6 Å². The second-order valence-electron chi connectivity index (χ2n) is 5.61. The molecule has 0 aromatic heterocycles. The van der Waals surface area contributed by atoms with Gasteiger partial charge in [-0.05, 0) is 38.0 Å². The Balaban J connectivity index is 2.45. The summed E-state index contributed by atoms with van der Waals surface area (Å²) in [4.78, 5) is 11.8. The Labute approximate surface area is 140 Å². The number of alkyl halides is 2. The molecule has 1 aliphatic heterocycles. The van der Waals surface area contributed by atoms with Gasteiger partial charge in [0, 0.05) is 5.56 Å². The van der Waals surface area contributed by atoms with Crippen molar-refractivity contribution < 1.29 is 23.0 Å². The first kappa shape index (κ1) is 18.3. The number of halogens is 2. The van der Waals surface area contributed by atoms with E-state index in [2.05, 4.69) is 9.84 Å². The van der Waals surface area contributed by atoms with Crippen LogP contribution < -0.4 is 0 Å². The van der Waals surface area contributed by atoms with Gasteiger partial charge < -0.3 is 9.47 Å². The number of benzene rings is 1. The number of nitrogens with zero attached hydrogens (tertiary/aromatic N) is 2. The van der Waals surface area contributed by atoms with E-state index in [9.17, 15) is 13.6 Å². The molecule has 0 N–H and O–H groups in total. The van der Waals surface area contributed by atoms with Gasteiger partial charge in [0.1, 0.15) is 5.71 Å². The molecule has 1 aliphatic rings. The largest absolute Gasteiger partial charge is 0.461 e. The fourth-order valence-corrected chi connectivity index (χ4v) is 2.30. The lowest BCUT2D eigenvalue weighted by atomic mass is 9.99. The zero-order valence-electron chi connectivity index (χ0n) is 14.1. The third-order valence-electron chi connectivity index (χ3n) is 3.84. The van der Waals surface area contributed by atoms with E-state index in [1.807, 2.05) is 13.8 Å². The summed E-state index contributed by atoms with van der Waals surface area (Å²) in [6, 6.07) is 4.90. The Bertz CT molecular complexity index is 626. The van der Waals surface area contributed by atoms with Crippen LogP contribution >= 0.6 is 0 Å². The highest BCUT2D eigenvalue weighted by Crippen LogP contribution is 2.25. The van der Waals surface area contributed by atoms with E-state index in [1.165, 1.54) is 11.9 Å². The lowest BCUT2D eigenvalue weighted by molar-refractivity contribution is -0.162. The van der Waals surface area contributed by atoms with Gasteiger partial charge in [0.15, 0.2) is 0 Å². The van der Waals surface area contributed by atoms with Gasteiger partial charge in [-0.15, -0.1) is 0 Å². The first-order valence-electron chi connectivity index (χ1n) is 7.90. The number of ether oxygens (including phenoxy) is 2. The van der Waals surface area contributed by atoms with Crippen molar-refractivity contribution in [3.63, 3.8) is 0 Å². The molecule has 2 rings (SSSR count). The maximum Gasteiger partial charge on any atom is 0.386 e. The zero-order chi connectivity index (χ0) is 17.7. The van der Waals surface area contributed by atoms with Crippen LogP contribution in [-0.4, -0.2) is 55.5 Å². The minimum atomic E-state index is -3.82. The molecule has 1 heterocycles. The van der Waals surface area contributed by atoms with Gasteiger partial charge in [-0.25, -0.2) is 4.79 Å². The number of carbonyl (C=O) groups is 1. The summed E-state index contributed by atoms with van der Waals surface area (Å²) < 4.78 is 39.1. The quantitative estimate of drug-likeness (QED) is 0.611. The summed E-state index contributed by atoms with van der Waals surface area (Å²) in [5.41, 5.74) is 1.44.